The van der Waals surface area contributed by atoms with Gasteiger partial charge in [0.15, 0.2) is 0 Å². The maximum atomic E-state index is 13.0. The van der Waals surface area contributed by atoms with E-state index >= 15 is 0 Å². The number of likely N-dealkylation sites (tertiary alicyclic amines) is 1. The van der Waals surface area contributed by atoms with Crippen molar-refractivity contribution in [3.8, 4) is 0 Å². The normalized spacial score (nSPS) is 22.9. The van der Waals surface area contributed by atoms with Crippen LogP contribution in [0.25, 0.3) is 0 Å². The highest BCUT2D eigenvalue weighted by Gasteiger charge is 2.35. The third-order valence-corrected chi connectivity index (χ3v) is 5.10. The zero-order valence-corrected chi connectivity index (χ0v) is 14.0. The predicted octanol–water partition coefficient (Wildman–Crippen LogP) is 2.94. The van der Waals surface area contributed by atoms with E-state index in [1.54, 1.807) is 0 Å². The second-order valence-electron chi connectivity index (χ2n) is 6.75. The molecular formula is C18H23F3N2O2. The van der Waals surface area contributed by atoms with Gasteiger partial charge in [-0.15, -0.1) is 0 Å². The van der Waals surface area contributed by atoms with Crippen LogP contribution in [0.3, 0.4) is 0 Å². The first kappa shape index (κ1) is 18.2. The highest BCUT2D eigenvalue weighted by molar-refractivity contribution is 5.95. The number of hydrogen-bond donors (Lipinski definition) is 1. The van der Waals surface area contributed by atoms with Crippen LogP contribution in [0.15, 0.2) is 24.3 Å². The average molecular weight is 356 g/mol. The second kappa shape index (κ2) is 7.74. The third-order valence-electron chi connectivity index (χ3n) is 5.10. The molecule has 138 valence electrons. The smallest absolute Gasteiger partial charge is 0.380 e. The summed E-state index contributed by atoms with van der Waals surface area (Å²) in [5.74, 6) is -0.347. The lowest BCUT2D eigenvalue weighted by Gasteiger charge is -2.35. The van der Waals surface area contributed by atoms with E-state index in [1.807, 2.05) is 0 Å². The molecule has 0 radical (unpaired) electrons. The van der Waals surface area contributed by atoms with Crippen molar-refractivity contribution in [3.63, 3.8) is 0 Å². The molecule has 4 nitrogen and oxygen atoms in total. The molecule has 2 fully saturated rings. The molecule has 0 spiro atoms. The quantitative estimate of drug-likeness (QED) is 0.902. The van der Waals surface area contributed by atoms with Crippen LogP contribution in [-0.2, 0) is 10.9 Å². The number of amides is 1. The molecule has 0 unspecified atom stereocenters. The number of carbonyl (C=O) groups excluding carboxylic acids is 1. The van der Waals surface area contributed by atoms with Crippen molar-refractivity contribution < 1.29 is 22.7 Å². The van der Waals surface area contributed by atoms with E-state index in [0.29, 0.717) is 18.5 Å². The van der Waals surface area contributed by atoms with Gasteiger partial charge < -0.3 is 10.1 Å². The summed E-state index contributed by atoms with van der Waals surface area (Å²) >= 11 is 0. The number of alkyl halides is 3. The number of carbonyl (C=O) groups is 1. The molecule has 1 N–H and O–H groups in total. The number of rotatable bonds is 4. The number of piperidine rings is 1. The van der Waals surface area contributed by atoms with Crippen molar-refractivity contribution in [1.82, 2.24) is 10.2 Å². The molecule has 0 aromatic heterocycles. The van der Waals surface area contributed by atoms with Gasteiger partial charge >= 0.3 is 6.18 Å². The molecule has 25 heavy (non-hydrogen) atoms. The Morgan fingerprint density at radius 2 is 1.92 bits per heavy atom. The Kier molecular flexibility index (Phi) is 5.64. The van der Waals surface area contributed by atoms with Crippen LogP contribution in [0, 0.1) is 5.92 Å². The maximum absolute atomic E-state index is 13.0. The topological polar surface area (TPSA) is 41.6 Å². The minimum absolute atomic E-state index is 0.306. The molecule has 1 atom stereocenters. The standard InChI is InChI=1S/C18H23F3N2O2/c19-18(20,21)16-4-2-1-3-15(16)17(24)22-11-13-5-8-23(9-6-13)14-7-10-25-12-14/h1-4,13-14H,5-12H2,(H,22,24)/t14-/m0/s1. The summed E-state index contributed by atoms with van der Waals surface area (Å²) in [7, 11) is 0. The zero-order chi connectivity index (χ0) is 17.9. The van der Waals surface area contributed by atoms with Gasteiger partial charge in [-0.25, -0.2) is 0 Å². The van der Waals surface area contributed by atoms with Crippen molar-refractivity contribution >= 4 is 5.91 Å². The Morgan fingerprint density at radius 1 is 1.20 bits per heavy atom. The third kappa shape index (κ3) is 4.52. The largest absolute Gasteiger partial charge is 0.417 e. The van der Waals surface area contributed by atoms with E-state index in [-0.39, 0.29) is 5.56 Å². The van der Waals surface area contributed by atoms with Crippen LogP contribution in [-0.4, -0.2) is 49.7 Å². The fourth-order valence-electron chi connectivity index (χ4n) is 3.59. The predicted molar refractivity (Wildman–Crippen MR) is 87.3 cm³/mol. The van der Waals surface area contributed by atoms with Crippen LogP contribution in [0.2, 0.25) is 0 Å². The van der Waals surface area contributed by atoms with Gasteiger partial charge in [0.25, 0.3) is 5.91 Å². The Bertz CT molecular complexity index is 592. The molecule has 7 heteroatoms. The lowest BCUT2D eigenvalue weighted by atomic mass is 9.95. The van der Waals surface area contributed by atoms with Crippen molar-refractivity contribution in [2.75, 3.05) is 32.8 Å². The van der Waals surface area contributed by atoms with E-state index in [1.165, 1.54) is 18.2 Å². The summed E-state index contributed by atoms with van der Waals surface area (Å²) in [6.07, 6.45) is -1.58. The molecule has 3 rings (SSSR count). The van der Waals surface area contributed by atoms with Gasteiger partial charge in [-0.05, 0) is 50.4 Å². The van der Waals surface area contributed by atoms with E-state index in [4.69, 9.17) is 4.74 Å². The average Bonchev–Trinajstić information content (AvgIpc) is 3.14. The lowest BCUT2D eigenvalue weighted by Crippen LogP contribution is -2.44. The fraction of sp³-hybridized carbons (Fsp3) is 0.611. The SMILES string of the molecule is O=C(NCC1CCN([C@H]2CCOC2)CC1)c1ccccc1C(F)(F)F. The molecule has 1 aromatic rings. The minimum atomic E-state index is -4.53. The summed E-state index contributed by atoms with van der Waals surface area (Å²) in [6.45, 7) is 3.93. The summed E-state index contributed by atoms with van der Waals surface area (Å²) < 4.78 is 44.4. The first-order chi connectivity index (χ1) is 11.9. The van der Waals surface area contributed by atoms with Crippen LogP contribution in [0.4, 0.5) is 13.2 Å². The molecule has 2 heterocycles. The van der Waals surface area contributed by atoms with Crippen LogP contribution >= 0.6 is 0 Å². The molecular weight excluding hydrogens is 333 g/mol. The number of ether oxygens (including phenoxy) is 1. The number of hydrogen-bond acceptors (Lipinski definition) is 3. The van der Waals surface area contributed by atoms with Gasteiger partial charge in [-0.3, -0.25) is 9.69 Å². The van der Waals surface area contributed by atoms with Crippen LogP contribution in [0.5, 0.6) is 0 Å². The van der Waals surface area contributed by atoms with E-state index in [0.717, 1.165) is 51.6 Å². The zero-order valence-electron chi connectivity index (χ0n) is 14.0. The monoisotopic (exact) mass is 356 g/mol. The fourth-order valence-corrected chi connectivity index (χ4v) is 3.59. The number of nitrogens with one attached hydrogen (secondary N) is 1. The molecule has 1 amide bonds. The molecule has 1 aromatic carbocycles. The minimum Gasteiger partial charge on any atom is -0.380 e. The van der Waals surface area contributed by atoms with Gasteiger partial charge in [-0.2, -0.15) is 13.2 Å². The van der Waals surface area contributed by atoms with Gasteiger partial charge in [0, 0.05) is 19.2 Å². The summed E-state index contributed by atoms with van der Waals surface area (Å²) in [6, 6.07) is 5.40. The van der Waals surface area contributed by atoms with E-state index in [9.17, 15) is 18.0 Å². The Hall–Kier alpha value is -1.60. The van der Waals surface area contributed by atoms with Gasteiger partial charge in [0.05, 0.1) is 17.7 Å². The molecule has 0 saturated carbocycles. The summed E-state index contributed by atoms with van der Waals surface area (Å²) in [4.78, 5) is 14.6. The Morgan fingerprint density at radius 3 is 2.56 bits per heavy atom. The Labute approximate surface area is 145 Å². The molecule has 2 saturated heterocycles. The molecule has 0 aliphatic carbocycles. The Balaban J connectivity index is 1.50. The van der Waals surface area contributed by atoms with Gasteiger partial charge in [0.2, 0.25) is 0 Å². The first-order valence-corrected chi connectivity index (χ1v) is 8.71. The number of nitrogens with zero attached hydrogens (tertiary/aromatic N) is 1. The van der Waals surface area contributed by atoms with Gasteiger partial charge in [0.1, 0.15) is 0 Å². The highest BCUT2D eigenvalue weighted by Crippen LogP contribution is 2.31. The lowest BCUT2D eigenvalue weighted by molar-refractivity contribution is -0.137. The maximum Gasteiger partial charge on any atom is 0.417 e. The molecule has 2 aliphatic rings. The first-order valence-electron chi connectivity index (χ1n) is 8.71. The van der Waals surface area contributed by atoms with Crippen LogP contribution < -0.4 is 5.32 Å². The second-order valence-corrected chi connectivity index (χ2v) is 6.75. The van der Waals surface area contributed by atoms with Crippen molar-refractivity contribution in [2.45, 2.75) is 31.5 Å². The van der Waals surface area contributed by atoms with Crippen molar-refractivity contribution in [1.29, 1.82) is 0 Å². The highest BCUT2D eigenvalue weighted by atomic mass is 19.4. The van der Waals surface area contributed by atoms with E-state index in [2.05, 4.69) is 10.2 Å². The van der Waals surface area contributed by atoms with Crippen molar-refractivity contribution in [2.24, 2.45) is 5.92 Å². The number of benzene rings is 1. The van der Waals surface area contributed by atoms with Crippen molar-refractivity contribution in [3.05, 3.63) is 35.4 Å². The summed E-state index contributed by atoms with van der Waals surface area (Å²) in [5, 5.41) is 2.68. The van der Waals surface area contributed by atoms with Crippen LogP contribution in [0.1, 0.15) is 35.2 Å². The van der Waals surface area contributed by atoms with E-state index < -0.39 is 17.6 Å². The number of halogens is 3. The molecule has 0 bridgehead atoms. The van der Waals surface area contributed by atoms with Gasteiger partial charge in [-0.1, -0.05) is 12.1 Å². The summed E-state index contributed by atoms with van der Waals surface area (Å²) in [5.41, 5.74) is -1.20. The molecule has 2 aliphatic heterocycles.